The van der Waals surface area contributed by atoms with Crippen molar-refractivity contribution in [2.75, 3.05) is 0 Å². The van der Waals surface area contributed by atoms with Crippen molar-refractivity contribution < 1.29 is 1.43 Å². The van der Waals surface area contributed by atoms with Gasteiger partial charge in [-0.25, -0.2) is 0 Å². The molecular weight excluding hydrogens is 124 g/mol. The molecule has 0 aliphatic carbocycles. The Balaban J connectivity index is 0.000000605. The number of H-pyrrole nitrogens is 1. The molecule has 0 aliphatic rings. The van der Waals surface area contributed by atoms with E-state index in [1.54, 1.807) is 0 Å². The lowest BCUT2D eigenvalue weighted by atomic mass is 10.3. The molecule has 0 aliphatic heterocycles. The number of hydrogen-bond donors (Lipinski definition) is 1. The summed E-state index contributed by atoms with van der Waals surface area (Å²) in [5.74, 6) is 0. The zero-order valence-corrected chi connectivity index (χ0v) is 5.76. The van der Waals surface area contributed by atoms with Crippen molar-refractivity contribution >= 4 is 11.0 Å². The number of aromatic nitrogens is 2. The second-order valence-electron chi connectivity index (χ2n) is 2.37. The number of nitrogens with zero attached hydrogens (tertiary/aromatic N) is 1. The summed E-state index contributed by atoms with van der Waals surface area (Å²) in [5, 5.41) is 0. The van der Waals surface area contributed by atoms with E-state index in [-0.39, 0.29) is 1.43 Å². The maximum absolute atomic E-state index is 4.21. The fourth-order valence-electron chi connectivity index (χ4n) is 1.09. The van der Waals surface area contributed by atoms with Gasteiger partial charge in [0.1, 0.15) is 0 Å². The molecule has 0 saturated heterocycles. The van der Waals surface area contributed by atoms with Gasteiger partial charge in [-0.15, -0.1) is 0 Å². The van der Waals surface area contributed by atoms with E-state index < -0.39 is 0 Å². The van der Waals surface area contributed by atoms with Crippen molar-refractivity contribution in [2.24, 2.45) is 0 Å². The van der Waals surface area contributed by atoms with Crippen LogP contribution in [-0.2, 0) is 0 Å². The van der Waals surface area contributed by atoms with Crippen LogP contribution in [0.15, 0.2) is 24.5 Å². The van der Waals surface area contributed by atoms with Crippen LogP contribution in [0.2, 0.25) is 0 Å². The summed E-state index contributed by atoms with van der Waals surface area (Å²) in [7, 11) is 0. The number of fused-ring (bicyclic) bond motifs is 1. The van der Waals surface area contributed by atoms with Gasteiger partial charge in [0.25, 0.3) is 0 Å². The van der Waals surface area contributed by atoms with Crippen LogP contribution in [0.25, 0.3) is 11.0 Å². The van der Waals surface area contributed by atoms with Gasteiger partial charge in [-0.2, -0.15) is 0 Å². The highest BCUT2D eigenvalue weighted by atomic mass is 14.8. The number of pyridine rings is 1. The fraction of sp³-hybridized carbons (Fsp3) is 0.125. The third kappa shape index (κ3) is 0.620. The van der Waals surface area contributed by atoms with Gasteiger partial charge in [0.2, 0.25) is 0 Å². The van der Waals surface area contributed by atoms with E-state index in [1.807, 2.05) is 31.5 Å². The highest BCUT2D eigenvalue weighted by Crippen LogP contribution is 2.12. The first-order valence-electron chi connectivity index (χ1n) is 3.26. The monoisotopic (exact) mass is 134 g/mol. The zero-order chi connectivity index (χ0) is 6.97. The van der Waals surface area contributed by atoms with Gasteiger partial charge in [-0.3, -0.25) is 4.98 Å². The Morgan fingerprint density at radius 1 is 1.60 bits per heavy atom. The molecule has 1 N–H and O–H groups in total. The summed E-state index contributed by atoms with van der Waals surface area (Å²) >= 11 is 0. The van der Waals surface area contributed by atoms with E-state index in [1.165, 1.54) is 5.56 Å². The van der Waals surface area contributed by atoms with Gasteiger partial charge in [-0.05, 0) is 24.6 Å². The highest BCUT2D eigenvalue weighted by molar-refractivity contribution is 5.77. The van der Waals surface area contributed by atoms with Gasteiger partial charge in [0.05, 0.1) is 11.0 Å². The molecule has 52 valence electrons. The van der Waals surface area contributed by atoms with E-state index in [0.717, 1.165) is 11.0 Å². The molecular formula is C8H10N2. The van der Waals surface area contributed by atoms with E-state index in [9.17, 15) is 0 Å². The summed E-state index contributed by atoms with van der Waals surface area (Å²) in [6.45, 7) is 2.05. The summed E-state index contributed by atoms with van der Waals surface area (Å²) < 4.78 is 0. The molecule has 2 heterocycles. The third-order valence-corrected chi connectivity index (χ3v) is 1.63. The van der Waals surface area contributed by atoms with Crippen LogP contribution in [0.4, 0.5) is 0 Å². The Labute approximate surface area is 60.4 Å². The minimum Gasteiger partial charge on any atom is -0.360 e. The van der Waals surface area contributed by atoms with Crippen molar-refractivity contribution in [3.05, 3.63) is 30.1 Å². The number of aromatic amines is 1. The van der Waals surface area contributed by atoms with Crippen LogP contribution in [0.5, 0.6) is 0 Å². The van der Waals surface area contributed by atoms with Crippen molar-refractivity contribution in [3.8, 4) is 0 Å². The highest BCUT2D eigenvalue weighted by Gasteiger charge is 1.96. The lowest BCUT2D eigenvalue weighted by Crippen LogP contribution is -1.72. The molecule has 2 nitrogen and oxygen atoms in total. The summed E-state index contributed by atoms with van der Waals surface area (Å²) in [6.07, 6.45) is 3.78. The van der Waals surface area contributed by atoms with Crippen LogP contribution >= 0.6 is 0 Å². The SMILES string of the molecule is Cc1c[nH]c2cccnc12.[HH]. The predicted molar refractivity (Wildman–Crippen MR) is 42.9 cm³/mol. The van der Waals surface area contributed by atoms with Crippen molar-refractivity contribution in [1.29, 1.82) is 0 Å². The number of rotatable bonds is 0. The molecule has 0 fully saturated rings. The maximum atomic E-state index is 4.21. The summed E-state index contributed by atoms with van der Waals surface area (Å²) in [6, 6.07) is 3.95. The summed E-state index contributed by atoms with van der Waals surface area (Å²) in [5.41, 5.74) is 3.39. The van der Waals surface area contributed by atoms with Crippen LogP contribution in [0.3, 0.4) is 0 Å². The van der Waals surface area contributed by atoms with E-state index in [2.05, 4.69) is 9.97 Å². The average Bonchev–Trinajstić information content (AvgIpc) is 2.34. The molecule has 0 radical (unpaired) electrons. The molecule has 0 spiro atoms. The number of aryl methyl sites for hydroxylation is 1. The van der Waals surface area contributed by atoms with Gasteiger partial charge in [-0.1, -0.05) is 0 Å². The topological polar surface area (TPSA) is 28.7 Å². The van der Waals surface area contributed by atoms with Gasteiger partial charge in [0, 0.05) is 13.8 Å². The van der Waals surface area contributed by atoms with E-state index in [4.69, 9.17) is 0 Å². The second kappa shape index (κ2) is 1.84. The Kier molecular flexibility index (Phi) is 1.01. The Bertz CT molecular complexity index is 354. The first-order chi connectivity index (χ1) is 4.88. The van der Waals surface area contributed by atoms with E-state index >= 15 is 0 Å². The first-order valence-corrected chi connectivity index (χ1v) is 3.26. The number of hydrogen-bond acceptors (Lipinski definition) is 1. The minimum atomic E-state index is 0. The third-order valence-electron chi connectivity index (χ3n) is 1.63. The molecule has 0 saturated carbocycles. The van der Waals surface area contributed by atoms with Crippen LogP contribution in [0, 0.1) is 6.92 Å². The molecule has 0 amide bonds. The molecule has 10 heavy (non-hydrogen) atoms. The van der Waals surface area contributed by atoms with Gasteiger partial charge < -0.3 is 4.98 Å². The lowest BCUT2D eigenvalue weighted by Gasteiger charge is -1.86. The zero-order valence-electron chi connectivity index (χ0n) is 5.76. The van der Waals surface area contributed by atoms with Crippen LogP contribution < -0.4 is 0 Å². The molecule has 2 aromatic rings. The van der Waals surface area contributed by atoms with Crippen molar-refractivity contribution in [2.45, 2.75) is 6.92 Å². The van der Waals surface area contributed by atoms with Gasteiger partial charge in [0.15, 0.2) is 0 Å². The largest absolute Gasteiger partial charge is 0.360 e. The Morgan fingerprint density at radius 3 is 3.30 bits per heavy atom. The van der Waals surface area contributed by atoms with Gasteiger partial charge >= 0.3 is 0 Å². The van der Waals surface area contributed by atoms with Crippen molar-refractivity contribution in [1.82, 2.24) is 9.97 Å². The Morgan fingerprint density at radius 2 is 2.50 bits per heavy atom. The average molecular weight is 134 g/mol. The molecule has 0 aromatic carbocycles. The smallest absolute Gasteiger partial charge is 0.0907 e. The number of nitrogens with one attached hydrogen (secondary N) is 1. The van der Waals surface area contributed by atoms with Crippen LogP contribution in [-0.4, -0.2) is 9.97 Å². The lowest BCUT2D eigenvalue weighted by molar-refractivity contribution is 1.39. The summed E-state index contributed by atoms with van der Waals surface area (Å²) in [4.78, 5) is 7.33. The molecule has 0 bridgehead atoms. The van der Waals surface area contributed by atoms with Crippen LogP contribution in [0.1, 0.15) is 6.99 Å². The molecule has 2 rings (SSSR count). The molecule has 2 heteroatoms. The standard InChI is InChI=1S/C8H8N2.H2/c1-6-5-10-7-3-2-4-9-8(6)7;/h2-5,10H,1H3;1H. The quantitative estimate of drug-likeness (QED) is 0.587. The predicted octanol–water partition coefficient (Wildman–Crippen LogP) is 2.12. The molecule has 2 aromatic heterocycles. The Hall–Kier alpha value is -1.31. The van der Waals surface area contributed by atoms with E-state index in [0.29, 0.717) is 0 Å². The van der Waals surface area contributed by atoms with Crippen molar-refractivity contribution in [3.63, 3.8) is 0 Å². The normalized spacial score (nSPS) is 10.5. The first kappa shape index (κ1) is 5.47. The molecule has 0 atom stereocenters. The minimum absolute atomic E-state index is 0. The fourth-order valence-corrected chi connectivity index (χ4v) is 1.09. The molecule has 0 unspecified atom stereocenters. The maximum Gasteiger partial charge on any atom is 0.0907 e. The second-order valence-corrected chi connectivity index (χ2v) is 2.37.